The van der Waals surface area contributed by atoms with Crippen molar-refractivity contribution in [1.82, 2.24) is 5.32 Å². The van der Waals surface area contributed by atoms with Crippen LogP contribution in [-0.4, -0.2) is 22.5 Å². The van der Waals surface area contributed by atoms with Crippen LogP contribution in [-0.2, 0) is 4.79 Å². The first kappa shape index (κ1) is 14.6. The van der Waals surface area contributed by atoms with E-state index in [1.807, 2.05) is 30.3 Å². The molecule has 0 aromatic heterocycles. The first-order valence-corrected chi connectivity index (χ1v) is 7.27. The van der Waals surface area contributed by atoms with Gasteiger partial charge in [0.05, 0.1) is 0 Å². The van der Waals surface area contributed by atoms with Gasteiger partial charge in [-0.05, 0) is 30.2 Å². The summed E-state index contributed by atoms with van der Waals surface area (Å²) in [5.41, 5.74) is 0.0314. The third kappa shape index (κ3) is 2.57. The van der Waals surface area contributed by atoms with Gasteiger partial charge in [-0.15, -0.1) is 0 Å². The van der Waals surface area contributed by atoms with Crippen molar-refractivity contribution in [2.24, 2.45) is 0 Å². The highest BCUT2D eigenvalue weighted by molar-refractivity contribution is 6.31. The third-order valence-electron chi connectivity index (χ3n) is 3.97. The maximum absolute atomic E-state index is 12.3. The molecule has 1 aliphatic carbocycles. The molecule has 2 N–H and O–H groups in total. The van der Waals surface area contributed by atoms with Crippen LogP contribution in [0, 0.1) is 0 Å². The third-order valence-corrected chi connectivity index (χ3v) is 4.20. The van der Waals surface area contributed by atoms with Crippen LogP contribution in [0.4, 0.5) is 0 Å². The zero-order valence-electron chi connectivity index (χ0n) is 11.6. The van der Waals surface area contributed by atoms with Gasteiger partial charge in [-0.25, -0.2) is 4.79 Å². The molecule has 1 fully saturated rings. The number of amides is 1. The number of hydrogen-bond donors (Lipinski definition) is 2. The van der Waals surface area contributed by atoms with Crippen LogP contribution in [0.2, 0.25) is 5.02 Å². The Morgan fingerprint density at radius 3 is 2.50 bits per heavy atom. The molecule has 4 nitrogen and oxygen atoms in total. The molecule has 112 valence electrons. The lowest BCUT2D eigenvalue weighted by Crippen LogP contribution is -2.44. The van der Waals surface area contributed by atoms with Crippen LogP contribution in [0.3, 0.4) is 0 Å². The number of carboxylic acids is 1. The van der Waals surface area contributed by atoms with Crippen LogP contribution in [0.1, 0.15) is 28.3 Å². The largest absolute Gasteiger partial charge is 0.479 e. The van der Waals surface area contributed by atoms with Gasteiger partial charge in [-0.3, -0.25) is 4.79 Å². The highest BCUT2D eigenvalue weighted by Crippen LogP contribution is 2.51. The highest BCUT2D eigenvalue weighted by Gasteiger charge is 2.62. The van der Waals surface area contributed by atoms with E-state index in [-0.39, 0.29) is 5.92 Å². The van der Waals surface area contributed by atoms with Crippen molar-refractivity contribution in [2.45, 2.75) is 17.9 Å². The molecule has 0 radical (unpaired) electrons. The molecule has 0 heterocycles. The fraction of sp³-hybridized carbons (Fsp3) is 0.176. The Hall–Kier alpha value is -2.33. The Labute approximate surface area is 132 Å². The van der Waals surface area contributed by atoms with Gasteiger partial charge in [-0.2, -0.15) is 0 Å². The first-order valence-electron chi connectivity index (χ1n) is 6.89. The number of carboxylic acid groups (broad SMARTS) is 1. The Balaban J connectivity index is 1.83. The number of benzene rings is 2. The van der Waals surface area contributed by atoms with E-state index in [2.05, 4.69) is 5.32 Å². The van der Waals surface area contributed by atoms with E-state index in [0.29, 0.717) is 17.0 Å². The predicted molar refractivity (Wildman–Crippen MR) is 83.1 cm³/mol. The molecular weight excluding hydrogens is 302 g/mol. The maximum Gasteiger partial charge on any atom is 0.330 e. The van der Waals surface area contributed by atoms with Gasteiger partial charge in [0.1, 0.15) is 5.54 Å². The molecule has 2 atom stereocenters. The molecule has 3 rings (SSSR count). The average Bonchev–Trinajstić information content (AvgIpc) is 3.24. The second-order valence-electron chi connectivity index (χ2n) is 5.41. The minimum Gasteiger partial charge on any atom is -0.479 e. The molecule has 0 saturated heterocycles. The first-order chi connectivity index (χ1) is 10.5. The predicted octanol–water partition coefficient (Wildman–Crippen LogP) is 3.08. The lowest BCUT2D eigenvalue weighted by Gasteiger charge is -2.15. The van der Waals surface area contributed by atoms with Gasteiger partial charge in [0.15, 0.2) is 0 Å². The summed E-state index contributed by atoms with van der Waals surface area (Å²) < 4.78 is 0. The summed E-state index contributed by atoms with van der Waals surface area (Å²) in [5.74, 6) is -1.66. The zero-order valence-corrected chi connectivity index (χ0v) is 12.4. The standard InChI is InChI=1S/C17H14ClNO3/c18-13-8-4-7-12(9-13)15(20)19-17(16(21)22)10-14(17)11-5-2-1-3-6-11/h1-9,14H,10H2,(H,19,20)(H,21,22). The molecule has 0 spiro atoms. The van der Waals surface area contributed by atoms with Crippen LogP contribution in [0.15, 0.2) is 54.6 Å². The van der Waals surface area contributed by atoms with E-state index in [0.717, 1.165) is 5.56 Å². The number of nitrogens with one attached hydrogen (secondary N) is 1. The molecule has 2 unspecified atom stereocenters. The Morgan fingerprint density at radius 2 is 1.86 bits per heavy atom. The van der Waals surface area contributed by atoms with Crippen molar-refractivity contribution in [3.63, 3.8) is 0 Å². The van der Waals surface area contributed by atoms with Gasteiger partial charge < -0.3 is 10.4 Å². The van der Waals surface area contributed by atoms with Gasteiger partial charge in [0.2, 0.25) is 0 Å². The van der Waals surface area contributed by atoms with Crippen molar-refractivity contribution >= 4 is 23.5 Å². The minimum atomic E-state index is -1.24. The van der Waals surface area contributed by atoms with Gasteiger partial charge in [0, 0.05) is 16.5 Å². The normalized spacial score (nSPS) is 22.9. The van der Waals surface area contributed by atoms with E-state index in [1.165, 1.54) is 6.07 Å². The van der Waals surface area contributed by atoms with Gasteiger partial charge in [-0.1, -0.05) is 48.0 Å². The molecule has 1 saturated carbocycles. The molecule has 22 heavy (non-hydrogen) atoms. The highest BCUT2D eigenvalue weighted by atomic mass is 35.5. The van der Waals surface area contributed by atoms with Crippen molar-refractivity contribution < 1.29 is 14.7 Å². The van der Waals surface area contributed by atoms with E-state index in [4.69, 9.17) is 11.6 Å². The van der Waals surface area contributed by atoms with Gasteiger partial charge in [0.25, 0.3) is 5.91 Å². The fourth-order valence-electron chi connectivity index (χ4n) is 2.68. The van der Waals surface area contributed by atoms with Crippen molar-refractivity contribution in [2.75, 3.05) is 0 Å². The molecule has 5 heteroatoms. The zero-order chi connectivity index (χ0) is 15.7. The quantitative estimate of drug-likeness (QED) is 0.911. The molecule has 1 aliphatic rings. The van der Waals surface area contributed by atoms with E-state index in [1.54, 1.807) is 18.2 Å². The van der Waals surface area contributed by atoms with Crippen molar-refractivity contribution in [1.29, 1.82) is 0 Å². The monoisotopic (exact) mass is 315 g/mol. The molecule has 0 bridgehead atoms. The molecule has 2 aromatic rings. The topological polar surface area (TPSA) is 66.4 Å². The average molecular weight is 316 g/mol. The van der Waals surface area contributed by atoms with E-state index in [9.17, 15) is 14.7 Å². The maximum atomic E-state index is 12.3. The minimum absolute atomic E-state index is 0.214. The number of rotatable bonds is 4. The van der Waals surface area contributed by atoms with Crippen LogP contribution >= 0.6 is 11.6 Å². The number of carbonyl (C=O) groups is 2. The van der Waals surface area contributed by atoms with Crippen LogP contribution in [0.5, 0.6) is 0 Å². The molecule has 1 amide bonds. The Morgan fingerprint density at radius 1 is 1.14 bits per heavy atom. The molecule has 2 aromatic carbocycles. The summed E-state index contributed by atoms with van der Waals surface area (Å²) in [6.07, 6.45) is 0.388. The lowest BCUT2D eigenvalue weighted by molar-refractivity contribution is -0.140. The Kier molecular flexibility index (Phi) is 3.62. The Bertz CT molecular complexity index is 732. The van der Waals surface area contributed by atoms with Gasteiger partial charge >= 0.3 is 5.97 Å². The smallest absolute Gasteiger partial charge is 0.330 e. The summed E-state index contributed by atoms with van der Waals surface area (Å²) >= 11 is 5.87. The van der Waals surface area contributed by atoms with Crippen molar-refractivity contribution in [3.05, 3.63) is 70.7 Å². The summed E-state index contributed by atoms with van der Waals surface area (Å²) in [6, 6.07) is 15.8. The van der Waals surface area contributed by atoms with E-state index >= 15 is 0 Å². The summed E-state index contributed by atoms with van der Waals surface area (Å²) in [4.78, 5) is 24.0. The summed E-state index contributed by atoms with van der Waals surface area (Å²) in [5, 5.41) is 12.6. The fourth-order valence-corrected chi connectivity index (χ4v) is 2.87. The SMILES string of the molecule is O=C(NC1(C(=O)O)CC1c1ccccc1)c1cccc(Cl)c1. The second kappa shape index (κ2) is 5.46. The lowest BCUT2D eigenvalue weighted by atomic mass is 10.1. The van der Waals surface area contributed by atoms with Crippen LogP contribution < -0.4 is 5.32 Å². The number of halogens is 1. The second-order valence-corrected chi connectivity index (χ2v) is 5.84. The number of hydrogen-bond acceptors (Lipinski definition) is 2. The van der Waals surface area contributed by atoms with Crippen LogP contribution in [0.25, 0.3) is 0 Å². The molecular formula is C17H14ClNO3. The summed E-state index contributed by atoms with van der Waals surface area (Å²) in [6.45, 7) is 0. The molecule has 0 aliphatic heterocycles. The number of aliphatic carboxylic acids is 1. The van der Waals surface area contributed by atoms with Crippen molar-refractivity contribution in [3.8, 4) is 0 Å². The summed E-state index contributed by atoms with van der Waals surface area (Å²) in [7, 11) is 0. The van der Waals surface area contributed by atoms with E-state index < -0.39 is 17.4 Å². The number of carbonyl (C=O) groups excluding carboxylic acids is 1.